The molecule has 1 aliphatic heterocycles. The Morgan fingerprint density at radius 2 is 1.84 bits per heavy atom. The van der Waals surface area contributed by atoms with Gasteiger partial charge in [0.25, 0.3) is 0 Å². The zero-order valence-electron chi connectivity index (χ0n) is 21.3. The number of rotatable bonds is 5. The van der Waals surface area contributed by atoms with Crippen molar-refractivity contribution in [2.45, 2.75) is 110 Å². The van der Waals surface area contributed by atoms with Gasteiger partial charge in [0, 0.05) is 11.9 Å². The van der Waals surface area contributed by atoms with Crippen molar-refractivity contribution in [1.29, 1.82) is 0 Å². The first kappa shape index (κ1) is 25.8. The number of carbonyl (C=O) groups is 1. The van der Waals surface area contributed by atoms with Crippen LogP contribution in [0.1, 0.15) is 66.6 Å². The Labute approximate surface area is 189 Å². The summed E-state index contributed by atoms with van der Waals surface area (Å²) in [6.45, 7) is 23.1. The molecule has 31 heavy (non-hydrogen) atoms. The highest BCUT2D eigenvalue weighted by Crippen LogP contribution is 2.39. The number of hydrogen-bond acceptors (Lipinski definition) is 5. The number of aromatic nitrogens is 1. The summed E-state index contributed by atoms with van der Waals surface area (Å²) in [6.07, 6.45) is 1.86. The van der Waals surface area contributed by atoms with Crippen LogP contribution in [0.4, 0.5) is 4.79 Å². The van der Waals surface area contributed by atoms with Crippen molar-refractivity contribution >= 4 is 14.4 Å². The van der Waals surface area contributed by atoms with Crippen molar-refractivity contribution in [3.05, 3.63) is 29.6 Å². The minimum Gasteiger partial charge on any atom is -0.444 e. The van der Waals surface area contributed by atoms with Gasteiger partial charge in [-0.1, -0.05) is 20.8 Å². The van der Waals surface area contributed by atoms with Crippen LogP contribution in [0.2, 0.25) is 18.1 Å². The van der Waals surface area contributed by atoms with E-state index >= 15 is 0 Å². The van der Waals surface area contributed by atoms with Gasteiger partial charge in [-0.25, -0.2) is 4.79 Å². The van der Waals surface area contributed by atoms with E-state index in [1.54, 1.807) is 4.90 Å². The van der Waals surface area contributed by atoms with Crippen LogP contribution in [0.5, 0.6) is 0 Å². The highest BCUT2D eigenvalue weighted by Gasteiger charge is 2.52. The molecule has 1 amide bonds. The number of hydrogen-bond donors (Lipinski definition) is 0. The first-order valence-corrected chi connectivity index (χ1v) is 14.1. The Bertz CT molecular complexity index is 781. The summed E-state index contributed by atoms with van der Waals surface area (Å²) in [5, 5.41) is 0.101. The van der Waals surface area contributed by atoms with E-state index in [9.17, 15) is 4.79 Å². The molecular weight excluding hydrogens is 408 g/mol. The maximum Gasteiger partial charge on any atom is 0.412 e. The van der Waals surface area contributed by atoms with E-state index in [2.05, 4.69) is 44.9 Å². The lowest BCUT2D eigenvalue weighted by Crippen LogP contribution is -2.51. The van der Waals surface area contributed by atoms with Crippen LogP contribution in [0.3, 0.4) is 0 Å². The molecule has 0 aliphatic carbocycles. The maximum absolute atomic E-state index is 13.2. The molecule has 1 aromatic rings. The first-order valence-electron chi connectivity index (χ1n) is 11.2. The summed E-state index contributed by atoms with van der Waals surface area (Å²) in [7, 11) is -1.96. The summed E-state index contributed by atoms with van der Waals surface area (Å²) in [5.41, 5.74) is 0.690. The molecule has 6 nitrogen and oxygen atoms in total. The number of ether oxygens (including phenoxy) is 2. The van der Waals surface area contributed by atoms with Gasteiger partial charge in [-0.3, -0.25) is 9.88 Å². The summed E-state index contributed by atoms with van der Waals surface area (Å²) in [4.78, 5) is 19.3. The van der Waals surface area contributed by atoms with Crippen molar-refractivity contribution in [3.63, 3.8) is 0 Å². The molecule has 7 heteroatoms. The summed E-state index contributed by atoms with van der Waals surface area (Å²) < 4.78 is 18.7. The summed E-state index contributed by atoms with van der Waals surface area (Å²) in [6, 6.07) is 3.86. The lowest BCUT2D eigenvalue weighted by Gasteiger charge is -2.37. The third-order valence-electron chi connectivity index (χ3n) is 6.19. The maximum atomic E-state index is 13.2. The smallest absolute Gasteiger partial charge is 0.412 e. The molecule has 176 valence electrons. The van der Waals surface area contributed by atoms with Crippen LogP contribution >= 0.6 is 0 Å². The van der Waals surface area contributed by atoms with Crippen LogP contribution in [0, 0.1) is 6.92 Å². The molecule has 1 saturated heterocycles. The molecule has 0 N–H and O–H groups in total. The molecule has 1 fully saturated rings. The average Bonchev–Trinajstić information content (AvgIpc) is 2.80. The third kappa shape index (κ3) is 6.53. The highest BCUT2D eigenvalue weighted by molar-refractivity contribution is 6.74. The molecule has 1 aliphatic rings. The molecular formula is C24H42N2O4Si. The number of amides is 1. The SMILES string of the molecule is Cc1cc(C[C@H]2[C@@H](CO[Si](C)(C)C(C)(C)C)OC(C)(C)N2C(=O)OC(C)(C)C)ccn1. The van der Waals surface area contributed by atoms with Crippen molar-refractivity contribution in [2.24, 2.45) is 0 Å². The minimum absolute atomic E-state index is 0.101. The topological polar surface area (TPSA) is 60.9 Å². The molecule has 2 heterocycles. The lowest BCUT2D eigenvalue weighted by molar-refractivity contribution is -0.0855. The van der Waals surface area contributed by atoms with Gasteiger partial charge in [-0.2, -0.15) is 0 Å². The molecule has 2 rings (SSSR count). The Balaban J connectivity index is 2.35. The normalized spacial score (nSPS) is 22.0. The van der Waals surface area contributed by atoms with Crippen LogP contribution in [0.25, 0.3) is 0 Å². The molecule has 0 saturated carbocycles. The molecule has 0 bridgehead atoms. The van der Waals surface area contributed by atoms with Gasteiger partial charge < -0.3 is 13.9 Å². The fraction of sp³-hybridized carbons (Fsp3) is 0.750. The molecule has 0 aromatic carbocycles. The summed E-state index contributed by atoms with van der Waals surface area (Å²) >= 11 is 0. The zero-order chi connectivity index (χ0) is 23.8. The molecule has 0 spiro atoms. The monoisotopic (exact) mass is 450 g/mol. The standard InChI is InChI=1S/C24H42N2O4Si/c1-17-14-18(12-13-25-17)15-19-20(16-28-31(10,11)23(5,6)7)29-24(8,9)26(19)21(27)30-22(2,3)4/h12-14,19-20H,15-16H2,1-11H3/t19-,20+/m0/s1. The van der Waals surface area contributed by atoms with Crippen molar-refractivity contribution in [3.8, 4) is 0 Å². The van der Waals surface area contributed by atoms with Gasteiger partial charge in [0.2, 0.25) is 0 Å². The largest absolute Gasteiger partial charge is 0.444 e. The average molecular weight is 451 g/mol. The van der Waals surface area contributed by atoms with E-state index in [4.69, 9.17) is 13.9 Å². The van der Waals surface area contributed by atoms with Crippen molar-refractivity contribution < 1.29 is 18.7 Å². The minimum atomic E-state index is -1.96. The molecule has 2 atom stereocenters. The predicted octanol–water partition coefficient (Wildman–Crippen LogP) is 5.69. The highest BCUT2D eigenvalue weighted by atomic mass is 28.4. The molecule has 0 radical (unpaired) electrons. The third-order valence-corrected chi connectivity index (χ3v) is 10.7. The van der Waals surface area contributed by atoms with Gasteiger partial charge in [-0.15, -0.1) is 0 Å². The van der Waals surface area contributed by atoms with E-state index in [1.807, 2.05) is 53.8 Å². The Morgan fingerprint density at radius 1 is 1.23 bits per heavy atom. The van der Waals surface area contributed by atoms with Gasteiger partial charge in [0.1, 0.15) is 17.4 Å². The van der Waals surface area contributed by atoms with Gasteiger partial charge in [0.15, 0.2) is 8.32 Å². The van der Waals surface area contributed by atoms with Crippen molar-refractivity contribution in [2.75, 3.05) is 6.61 Å². The van der Waals surface area contributed by atoms with Gasteiger partial charge in [0.05, 0.1) is 12.6 Å². The Kier molecular flexibility index (Phi) is 7.35. The molecule has 0 unspecified atom stereocenters. The van der Waals surface area contributed by atoms with E-state index in [-0.39, 0.29) is 23.3 Å². The van der Waals surface area contributed by atoms with E-state index in [1.165, 1.54) is 0 Å². The molecule has 1 aromatic heterocycles. The fourth-order valence-corrected chi connectivity index (χ4v) is 4.60. The summed E-state index contributed by atoms with van der Waals surface area (Å²) in [5.74, 6) is 0. The Morgan fingerprint density at radius 3 is 2.35 bits per heavy atom. The van der Waals surface area contributed by atoms with E-state index in [0.717, 1.165) is 11.3 Å². The lowest BCUT2D eigenvalue weighted by atomic mass is 10.0. The van der Waals surface area contributed by atoms with E-state index in [0.29, 0.717) is 13.0 Å². The van der Waals surface area contributed by atoms with E-state index < -0.39 is 19.6 Å². The van der Waals surface area contributed by atoms with Crippen LogP contribution in [0.15, 0.2) is 18.3 Å². The number of nitrogens with zero attached hydrogens (tertiary/aromatic N) is 2. The van der Waals surface area contributed by atoms with Gasteiger partial charge >= 0.3 is 6.09 Å². The second-order valence-electron chi connectivity index (χ2n) is 11.6. The van der Waals surface area contributed by atoms with Crippen molar-refractivity contribution in [1.82, 2.24) is 9.88 Å². The second-order valence-corrected chi connectivity index (χ2v) is 16.4. The Hall–Kier alpha value is -1.44. The van der Waals surface area contributed by atoms with Crippen LogP contribution < -0.4 is 0 Å². The quantitative estimate of drug-likeness (QED) is 0.539. The van der Waals surface area contributed by atoms with Crippen LogP contribution in [-0.4, -0.2) is 54.4 Å². The number of aryl methyl sites for hydroxylation is 1. The van der Waals surface area contributed by atoms with Gasteiger partial charge in [-0.05, 0) is 83.8 Å². The predicted molar refractivity (Wildman–Crippen MR) is 127 cm³/mol. The fourth-order valence-electron chi connectivity index (χ4n) is 3.59. The number of pyridine rings is 1. The zero-order valence-corrected chi connectivity index (χ0v) is 22.3. The van der Waals surface area contributed by atoms with Crippen LogP contribution in [-0.2, 0) is 20.3 Å². The number of carbonyl (C=O) groups excluding carboxylic acids is 1. The second kappa shape index (κ2) is 8.83. The first-order chi connectivity index (χ1) is 13.9.